The van der Waals surface area contributed by atoms with E-state index in [1.165, 1.54) is 11.1 Å². The van der Waals surface area contributed by atoms with Gasteiger partial charge in [0.15, 0.2) is 6.10 Å². The summed E-state index contributed by atoms with van der Waals surface area (Å²) in [6, 6.07) is 16.3. The summed E-state index contributed by atoms with van der Waals surface area (Å²) in [7, 11) is 0. The van der Waals surface area contributed by atoms with Crippen LogP contribution in [0.4, 0.5) is 4.79 Å². The molecule has 184 valence electrons. The topological polar surface area (TPSA) is 114 Å². The molecule has 1 saturated carbocycles. The van der Waals surface area contributed by atoms with Crippen LogP contribution in [0, 0.1) is 5.92 Å². The van der Waals surface area contributed by atoms with Crippen LogP contribution in [-0.2, 0) is 19.1 Å². The van der Waals surface area contributed by atoms with E-state index in [-0.39, 0.29) is 37.3 Å². The number of fused-ring (bicyclic) bond motifs is 3. The lowest BCUT2D eigenvalue weighted by Crippen LogP contribution is -2.56. The van der Waals surface area contributed by atoms with Crippen molar-refractivity contribution in [3.05, 3.63) is 59.7 Å². The lowest BCUT2D eigenvalue weighted by molar-refractivity contribution is -0.149. The number of carbonyl (C=O) groups is 3. The first-order chi connectivity index (χ1) is 17.0. The van der Waals surface area contributed by atoms with Crippen molar-refractivity contribution in [3.8, 4) is 11.1 Å². The number of carboxylic acids is 1. The molecule has 0 aromatic heterocycles. The van der Waals surface area contributed by atoms with Gasteiger partial charge in [-0.2, -0.15) is 0 Å². The second-order valence-corrected chi connectivity index (χ2v) is 9.74. The van der Waals surface area contributed by atoms with E-state index in [0.717, 1.165) is 17.5 Å². The van der Waals surface area contributed by atoms with Crippen LogP contribution in [0.15, 0.2) is 48.5 Å². The molecule has 0 radical (unpaired) electrons. The fraction of sp³-hybridized carbons (Fsp3) is 0.444. The zero-order valence-electron chi connectivity index (χ0n) is 19.5. The molecule has 2 fully saturated rings. The summed E-state index contributed by atoms with van der Waals surface area (Å²) in [6.45, 7) is 0.849. The predicted molar refractivity (Wildman–Crippen MR) is 128 cm³/mol. The van der Waals surface area contributed by atoms with Gasteiger partial charge in [-0.05, 0) is 47.9 Å². The van der Waals surface area contributed by atoms with Gasteiger partial charge < -0.3 is 25.2 Å². The van der Waals surface area contributed by atoms with Gasteiger partial charge in [0.1, 0.15) is 6.61 Å². The van der Waals surface area contributed by atoms with Gasteiger partial charge in [-0.3, -0.25) is 4.79 Å². The van der Waals surface area contributed by atoms with Gasteiger partial charge in [-0.1, -0.05) is 48.5 Å². The Labute approximate surface area is 204 Å². The number of nitrogens with one attached hydrogen (secondary N) is 2. The van der Waals surface area contributed by atoms with Crippen molar-refractivity contribution >= 4 is 18.0 Å². The van der Waals surface area contributed by atoms with Crippen molar-refractivity contribution in [1.29, 1.82) is 0 Å². The van der Waals surface area contributed by atoms with Gasteiger partial charge in [0.2, 0.25) is 5.91 Å². The van der Waals surface area contributed by atoms with Crippen LogP contribution in [0.1, 0.15) is 49.1 Å². The normalized spacial score (nSPS) is 21.9. The van der Waals surface area contributed by atoms with E-state index >= 15 is 0 Å². The first-order valence-electron chi connectivity index (χ1n) is 12.2. The number of carbonyl (C=O) groups excluding carboxylic acids is 2. The molecule has 0 bridgehead atoms. The van der Waals surface area contributed by atoms with E-state index in [1.54, 1.807) is 0 Å². The zero-order chi connectivity index (χ0) is 24.4. The Hall–Kier alpha value is -3.39. The monoisotopic (exact) mass is 478 g/mol. The molecule has 1 heterocycles. The highest BCUT2D eigenvalue weighted by Crippen LogP contribution is 2.44. The first-order valence-corrected chi connectivity index (χ1v) is 12.2. The van der Waals surface area contributed by atoms with Gasteiger partial charge in [-0.15, -0.1) is 0 Å². The van der Waals surface area contributed by atoms with Crippen LogP contribution in [0.2, 0.25) is 0 Å². The molecule has 2 aliphatic carbocycles. The molecule has 8 nitrogen and oxygen atoms in total. The third-order valence-electron chi connectivity index (χ3n) is 7.54. The summed E-state index contributed by atoms with van der Waals surface area (Å²) in [5.41, 5.74) is 4.01. The minimum atomic E-state index is -1.01. The van der Waals surface area contributed by atoms with Crippen LogP contribution < -0.4 is 10.6 Å². The maximum absolute atomic E-state index is 12.8. The number of amides is 2. The van der Waals surface area contributed by atoms with Crippen molar-refractivity contribution < 1.29 is 29.0 Å². The van der Waals surface area contributed by atoms with Crippen molar-refractivity contribution in [2.45, 2.75) is 49.7 Å². The smallest absolute Gasteiger partial charge is 0.407 e. The van der Waals surface area contributed by atoms with E-state index in [9.17, 15) is 19.5 Å². The predicted octanol–water partition coefficient (Wildman–Crippen LogP) is 3.44. The molecular formula is C27H30N2O6. The second-order valence-electron chi connectivity index (χ2n) is 9.74. The molecule has 3 N–H and O–H groups in total. The summed E-state index contributed by atoms with van der Waals surface area (Å²) in [4.78, 5) is 36.6. The van der Waals surface area contributed by atoms with Crippen LogP contribution in [0.3, 0.4) is 0 Å². The zero-order valence-corrected chi connectivity index (χ0v) is 19.5. The summed E-state index contributed by atoms with van der Waals surface area (Å²) in [5.74, 6) is -1.48. The maximum atomic E-state index is 12.8. The van der Waals surface area contributed by atoms with Crippen molar-refractivity contribution in [2.24, 2.45) is 5.92 Å². The molecule has 1 saturated heterocycles. The van der Waals surface area contributed by atoms with Crippen LogP contribution in [0.5, 0.6) is 0 Å². The highest BCUT2D eigenvalue weighted by molar-refractivity contribution is 5.80. The Morgan fingerprint density at radius 2 is 1.69 bits per heavy atom. The molecule has 2 aromatic rings. The standard InChI is InChI=1S/C27H30N2O6/c30-23(28-15-17-10-13-34-24(17)25(31)32)14-27(11-5-12-27)29-26(33)35-16-22-20-8-3-1-6-18(20)19-7-2-4-9-21(19)22/h1-4,6-9,17,22,24H,5,10-16H2,(H,28,30)(H,29,33)(H,31,32). The maximum Gasteiger partial charge on any atom is 0.407 e. The molecule has 0 spiro atoms. The van der Waals surface area contributed by atoms with E-state index in [2.05, 4.69) is 34.9 Å². The fourth-order valence-electron chi connectivity index (χ4n) is 5.53. The summed E-state index contributed by atoms with van der Waals surface area (Å²) < 4.78 is 10.9. The highest BCUT2D eigenvalue weighted by Gasteiger charge is 2.42. The van der Waals surface area contributed by atoms with Crippen LogP contribution >= 0.6 is 0 Å². The Morgan fingerprint density at radius 3 is 2.29 bits per heavy atom. The van der Waals surface area contributed by atoms with Crippen molar-refractivity contribution in [2.75, 3.05) is 19.8 Å². The van der Waals surface area contributed by atoms with E-state index in [0.29, 0.717) is 25.9 Å². The van der Waals surface area contributed by atoms with Crippen LogP contribution in [-0.4, -0.2) is 54.5 Å². The molecule has 5 rings (SSSR count). The summed E-state index contributed by atoms with van der Waals surface area (Å²) in [5, 5.41) is 15.0. The number of hydrogen-bond acceptors (Lipinski definition) is 5. The number of alkyl carbamates (subject to hydrolysis) is 1. The lowest BCUT2D eigenvalue weighted by atomic mass is 9.74. The minimum absolute atomic E-state index is 0.0235. The molecule has 1 aliphatic heterocycles. The molecule has 3 aliphatic rings. The molecule has 2 amide bonds. The van der Waals surface area contributed by atoms with Gasteiger partial charge in [-0.25, -0.2) is 9.59 Å². The molecular weight excluding hydrogens is 448 g/mol. The molecule has 2 unspecified atom stereocenters. The Kier molecular flexibility index (Phi) is 6.47. The second kappa shape index (κ2) is 9.70. The van der Waals surface area contributed by atoms with Crippen molar-refractivity contribution in [1.82, 2.24) is 10.6 Å². The third kappa shape index (κ3) is 4.75. The Morgan fingerprint density at radius 1 is 1.03 bits per heavy atom. The average Bonchev–Trinajstić information content (AvgIpc) is 3.43. The minimum Gasteiger partial charge on any atom is -0.479 e. The van der Waals surface area contributed by atoms with E-state index in [1.807, 2.05) is 24.3 Å². The number of carboxylic acid groups (broad SMARTS) is 1. The Bertz CT molecular complexity index is 1080. The van der Waals surface area contributed by atoms with E-state index in [4.69, 9.17) is 9.47 Å². The summed E-state index contributed by atoms with van der Waals surface area (Å²) >= 11 is 0. The molecule has 35 heavy (non-hydrogen) atoms. The van der Waals surface area contributed by atoms with Crippen molar-refractivity contribution in [3.63, 3.8) is 0 Å². The van der Waals surface area contributed by atoms with Gasteiger partial charge in [0.25, 0.3) is 0 Å². The van der Waals surface area contributed by atoms with Crippen LogP contribution in [0.25, 0.3) is 11.1 Å². The van der Waals surface area contributed by atoms with Gasteiger partial charge in [0, 0.05) is 31.4 Å². The molecule has 8 heteroatoms. The number of rotatable bonds is 8. The first kappa shape index (κ1) is 23.4. The number of hydrogen-bond donors (Lipinski definition) is 3. The number of ether oxygens (including phenoxy) is 2. The highest BCUT2D eigenvalue weighted by atomic mass is 16.5. The number of benzene rings is 2. The molecule has 2 atom stereocenters. The van der Waals surface area contributed by atoms with E-state index < -0.39 is 23.7 Å². The van der Waals surface area contributed by atoms with Gasteiger partial charge >= 0.3 is 12.1 Å². The average molecular weight is 479 g/mol. The Balaban J connectivity index is 1.15. The molecule has 2 aromatic carbocycles. The SMILES string of the molecule is O=C(CC1(NC(=O)OCC2c3ccccc3-c3ccccc32)CCC1)NCC1CCOC1C(=O)O. The number of aliphatic carboxylic acids is 1. The fourth-order valence-corrected chi connectivity index (χ4v) is 5.53. The third-order valence-corrected chi connectivity index (χ3v) is 7.54. The quantitative estimate of drug-likeness (QED) is 0.536. The largest absolute Gasteiger partial charge is 0.479 e. The summed E-state index contributed by atoms with van der Waals surface area (Å²) in [6.07, 6.45) is 1.67. The van der Waals surface area contributed by atoms with Gasteiger partial charge in [0.05, 0.1) is 5.54 Å². The lowest BCUT2D eigenvalue weighted by Gasteiger charge is -2.41.